The summed E-state index contributed by atoms with van der Waals surface area (Å²) in [6, 6.07) is 0. The van der Waals surface area contributed by atoms with Gasteiger partial charge in [-0.25, -0.2) is 0 Å². The molecule has 0 radical (unpaired) electrons. The molecule has 62 valence electrons. The average Bonchev–Trinajstić information content (AvgIpc) is 2.05. The molecule has 0 heterocycles. The van der Waals surface area contributed by atoms with Crippen LogP contribution in [0.2, 0.25) is 0 Å². The Balaban J connectivity index is 2.56. The third-order valence-electron chi connectivity index (χ3n) is 2.28. The van der Waals surface area contributed by atoms with Crippen LogP contribution < -0.4 is 0 Å². The molecule has 2 heteroatoms. The molecule has 1 fully saturated rings. The summed E-state index contributed by atoms with van der Waals surface area (Å²) in [5.41, 5.74) is 3.93. The molecule has 0 aromatic carbocycles. The molecule has 11 heavy (non-hydrogen) atoms. The van der Waals surface area contributed by atoms with Crippen molar-refractivity contribution in [3.8, 4) is 0 Å². The predicted octanol–water partition coefficient (Wildman–Crippen LogP) is 2.73. The minimum Gasteiger partial charge on any atom is -0.411 e. The lowest BCUT2D eigenvalue weighted by Gasteiger charge is -2.16. The van der Waals surface area contributed by atoms with Crippen molar-refractivity contribution in [2.24, 2.45) is 5.16 Å². The topological polar surface area (TPSA) is 32.6 Å². The maximum Gasteiger partial charge on any atom is 0.0577 e. The lowest BCUT2D eigenvalue weighted by Crippen LogP contribution is -2.07. The smallest absolute Gasteiger partial charge is 0.0577 e. The van der Waals surface area contributed by atoms with Crippen LogP contribution in [0.3, 0.4) is 0 Å². The Kier molecular flexibility index (Phi) is 2.69. The van der Waals surface area contributed by atoms with Crippen LogP contribution in [0.5, 0.6) is 0 Å². The molecule has 0 aromatic rings. The fraction of sp³-hybridized carbons (Fsp3) is 0.667. The fourth-order valence-corrected chi connectivity index (χ4v) is 1.44. The summed E-state index contributed by atoms with van der Waals surface area (Å²) in [6.45, 7) is 4.30. The van der Waals surface area contributed by atoms with Gasteiger partial charge in [-0.1, -0.05) is 16.3 Å². The predicted molar refractivity (Wildman–Crippen MR) is 46.1 cm³/mol. The SMILES string of the molecule is CC(C)=C1CCC(=NO)CC1. The number of rotatable bonds is 0. The Labute approximate surface area is 67.6 Å². The molecule has 0 amide bonds. The fourth-order valence-electron chi connectivity index (χ4n) is 1.44. The highest BCUT2D eigenvalue weighted by Crippen LogP contribution is 2.23. The number of allylic oxidation sites excluding steroid dienone is 2. The van der Waals surface area contributed by atoms with Gasteiger partial charge >= 0.3 is 0 Å². The molecule has 1 aliphatic carbocycles. The van der Waals surface area contributed by atoms with Crippen molar-refractivity contribution in [2.45, 2.75) is 39.5 Å². The molecule has 0 aliphatic heterocycles. The van der Waals surface area contributed by atoms with E-state index in [1.165, 1.54) is 11.1 Å². The maximum absolute atomic E-state index is 8.49. The largest absolute Gasteiger partial charge is 0.411 e. The highest BCUT2D eigenvalue weighted by Gasteiger charge is 2.11. The van der Waals surface area contributed by atoms with Gasteiger partial charge in [0, 0.05) is 0 Å². The monoisotopic (exact) mass is 153 g/mol. The number of hydrogen-bond donors (Lipinski definition) is 1. The highest BCUT2D eigenvalue weighted by atomic mass is 16.4. The molecule has 0 unspecified atom stereocenters. The molecule has 1 N–H and O–H groups in total. The molecule has 0 aromatic heterocycles. The van der Waals surface area contributed by atoms with Gasteiger partial charge in [0.25, 0.3) is 0 Å². The van der Waals surface area contributed by atoms with Crippen molar-refractivity contribution < 1.29 is 5.21 Å². The van der Waals surface area contributed by atoms with Crippen LogP contribution in [0.1, 0.15) is 39.5 Å². The normalized spacial score (nSPS) is 18.4. The standard InChI is InChI=1S/C9H15NO/c1-7(2)8-3-5-9(10-11)6-4-8/h11H,3-6H2,1-2H3. The van der Waals surface area contributed by atoms with Gasteiger partial charge in [-0.15, -0.1) is 0 Å². The molecule has 0 bridgehead atoms. The molecule has 1 saturated carbocycles. The summed E-state index contributed by atoms with van der Waals surface area (Å²) in [4.78, 5) is 0. The minimum absolute atomic E-state index is 0.941. The second-order valence-corrected chi connectivity index (χ2v) is 3.27. The Hall–Kier alpha value is -0.790. The second-order valence-electron chi connectivity index (χ2n) is 3.27. The van der Waals surface area contributed by atoms with E-state index < -0.39 is 0 Å². The van der Waals surface area contributed by atoms with E-state index in [4.69, 9.17) is 5.21 Å². The summed E-state index contributed by atoms with van der Waals surface area (Å²) in [5.74, 6) is 0. The second kappa shape index (κ2) is 3.56. The number of hydrogen-bond acceptors (Lipinski definition) is 2. The molecule has 1 aliphatic rings. The molecule has 2 nitrogen and oxygen atoms in total. The van der Waals surface area contributed by atoms with Crippen LogP contribution in [0.15, 0.2) is 16.3 Å². The van der Waals surface area contributed by atoms with Gasteiger partial charge in [0.05, 0.1) is 5.71 Å². The van der Waals surface area contributed by atoms with Gasteiger partial charge in [-0.05, 0) is 39.5 Å². The Morgan fingerprint density at radius 2 is 1.73 bits per heavy atom. The first-order chi connectivity index (χ1) is 5.24. The van der Waals surface area contributed by atoms with E-state index in [1.54, 1.807) is 0 Å². The van der Waals surface area contributed by atoms with Crippen molar-refractivity contribution in [3.63, 3.8) is 0 Å². The van der Waals surface area contributed by atoms with E-state index in [2.05, 4.69) is 19.0 Å². The van der Waals surface area contributed by atoms with Gasteiger partial charge in [-0.2, -0.15) is 0 Å². The van der Waals surface area contributed by atoms with Crippen molar-refractivity contribution >= 4 is 5.71 Å². The molecular formula is C9H15NO. The molecule has 0 spiro atoms. The first-order valence-electron chi connectivity index (χ1n) is 4.09. The van der Waals surface area contributed by atoms with E-state index in [-0.39, 0.29) is 0 Å². The van der Waals surface area contributed by atoms with E-state index in [0.29, 0.717) is 0 Å². The van der Waals surface area contributed by atoms with Crippen LogP contribution in [0.25, 0.3) is 0 Å². The average molecular weight is 153 g/mol. The summed E-state index contributed by atoms with van der Waals surface area (Å²) in [5, 5.41) is 11.7. The molecule has 0 saturated heterocycles. The van der Waals surface area contributed by atoms with Crippen molar-refractivity contribution in [1.29, 1.82) is 0 Å². The first-order valence-corrected chi connectivity index (χ1v) is 4.09. The lowest BCUT2D eigenvalue weighted by molar-refractivity contribution is 0.315. The van der Waals surface area contributed by atoms with Gasteiger partial charge in [0.15, 0.2) is 0 Å². The molecule has 1 rings (SSSR count). The van der Waals surface area contributed by atoms with Gasteiger partial charge in [0.1, 0.15) is 0 Å². The van der Waals surface area contributed by atoms with Gasteiger partial charge < -0.3 is 5.21 Å². The highest BCUT2D eigenvalue weighted by molar-refractivity contribution is 5.85. The zero-order chi connectivity index (χ0) is 8.27. The first kappa shape index (κ1) is 8.31. The van der Waals surface area contributed by atoms with Gasteiger partial charge in [0.2, 0.25) is 0 Å². The van der Waals surface area contributed by atoms with E-state index >= 15 is 0 Å². The van der Waals surface area contributed by atoms with Crippen LogP contribution in [-0.2, 0) is 0 Å². The summed E-state index contributed by atoms with van der Waals surface area (Å²) in [7, 11) is 0. The van der Waals surface area contributed by atoms with E-state index in [0.717, 1.165) is 31.4 Å². The van der Waals surface area contributed by atoms with Crippen LogP contribution in [-0.4, -0.2) is 10.9 Å². The van der Waals surface area contributed by atoms with Crippen LogP contribution in [0, 0.1) is 0 Å². The summed E-state index contributed by atoms with van der Waals surface area (Å²) in [6.07, 6.45) is 4.05. The third-order valence-corrected chi connectivity index (χ3v) is 2.28. The maximum atomic E-state index is 8.49. The Bertz CT molecular complexity index is 188. The third kappa shape index (κ3) is 2.07. The van der Waals surface area contributed by atoms with Crippen molar-refractivity contribution in [3.05, 3.63) is 11.1 Å². The number of nitrogens with zero attached hydrogens (tertiary/aromatic N) is 1. The minimum atomic E-state index is 0.941. The molecule has 0 atom stereocenters. The van der Waals surface area contributed by atoms with Crippen LogP contribution in [0.4, 0.5) is 0 Å². The lowest BCUT2D eigenvalue weighted by atomic mass is 9.91. The zero-order valence-corrected chi connectivity index (χ0v) is 7.22. The van der Waals surface area contributed by atoms with Gasteiger partial charge in [-0.3, -0.25) is 0 Å². The van der Waals surface area contributed by atoms with Crippen molar-refractivity contribution in [2.75, 3.05) is 0 Å². The van der Waals surface area contributed by atoms with E-state index in [1.807, 2.05) is 0 Å². The zero-order valence-electron chi connectivity index (χ0n) is 7.22. The van der Waals surface area contributed by atoms with Crippen LogP contribution >= 0.6 is 0 Å². The summed E-state index contributed by atoms with van der Waals surface area (Å²) >= 11 is 0. The quantitative estimate of drug-likeness (QED) is 0.324. The molecular weight excluding hydrogens is 138 g/mol. The Morgan fingerprint density at radius 3 is 2.09 bits per heavy atom. The number of oxime groups is 1. The Morgan fingerprint density at radius 1 is 1.18 bits per heavy atom. The van der Waals surface area contributed by atoms with E-state index in [9.17, 15) is 0 Å². The van der Waals surface area contributed by atoms with Crippen molar-refractivity contribution in [1.82, 2.24) is 0 Å². The summed E-state index contributed by atoms with van der Waals surface area (Å²) < 4.78 is 0.